The maximum Gasteiger partial charge on any atom is -0.00266 e. The van der Waals surface area contributed by atoms with Crippen molar-refractivity contribution in [2.75, 3.05) is 0 Å². The first-order valence-corrected chi connectivity index (χ1v) is 16.2. The highest BCUT2D eigenvalue weighted by Gasteiger charge is 2.19. The Bertz CT molecular complexity index is 2260. The van der Waals surface area contributed by atoms with Gasteiger partial charge in [0.1, 0.15) is 0 Å². The summed E-state index contributed by atoms with van der Waals surface area (Å²) in [4.78, 5) is 0. The van der Waals surface area contributed by atoms with Crippen molar-refractivity contribution in [3.63, 3.8) is 0 Å². The molecule has 6 aromatic rings. The predicted octanol–water partition coefficient (Wildman–Crippen LogP) is 11.9. The summed E-state index contributed by atoms with van der Waals surface area (Å²) in [7, 11) is 0. The molecule has 0 spiro atoms. The molecule has 0 bridgehead atoms. The molecule has 0 nitrogen and oxygen atoms in total. The third kappa shape index (κ3) is 5.64. The number of hydrogen-bond acceptors (Lipinski definition) is 0. The number of fused-ring (bicyclic) bond motifs is 2. The average molecular weight is 605 g/mol. The molecule has 0 atom stereocenters. The molecule has 0 aromatic heterocycles. The van der Waals surface area contributed by atoms with Crippen LogP contribution in [-0.2, 0) is 0 Å². The minimum atomic E-state index is 1.10. The molecule has 0 saturated heterocycles. The van der Waals surface area contributed by atoms with E-state index < -0.39 is 0 Å². The predicted molar refractivity (Wildman–Crippen MR) is 209 cm³/mol. The Labute approximate surface area is 279 Å². The molecule has 0 amide bonds. The Kier molecular flexibility index (Phi) is 9.13. The second-order valence-corrected chi connectivity index (χ2v) is 11.7. The van der Waals surface area contributed by atoms with E-state index in [4.69, 9.17) is 0 Å². The van der Waals surface area contributed by atoms with Gasteiger partial charge in [-0.1, -0.05) is 159 Å². The Morgan fingerprint density at radius 1 is 0.468 bits per heavy atom. The van der Waals surface area contributed by atoms with Crippen LogP contribution in [0.5, 0.6) is 0 Å². The van der Waals surface area contributed by atoms with Gasteiger partial charge >= 0.3 is 0 Å². The molecule has 0 saturated carbocycles. The molecular formula is C47H40. The number of hydrogen-bond donors (Lipinski definition) is 0. The highest BCUT2D eigenvalue weighted by molar-refractivity contribution is 6.11. The first-order chi connectivity index (χ1) is 23.1. The standard InChI is InChI=1S/C45H36.C2H4/c1-5-36-30(4)14-12-20-39(36)32-22-26-34(27-23-32)44-37(6-2)38(7-3)45(43-19-11-10-18-42(43)44)35-28-24-33(25-29-35)41-21-13-16-31-15-8-9-17-40(31)41;1-2/h5-7,10-29H,1-3,8-9H2,4H3;1-2H2. The van der Waals surface area contributed by atoms with Crippen molar-refractivity contribution < 1.29 is 0 Å². The number of rotatable bonds is 7. The molecule has 0 heterocycles. The molecule has 6 aromatic carbocycles. The zero-order valence-corrected chi connectivity index (χ0v) is 27.2. The van der Waals surface area contributed by atoms with Gasteiger partial charge in [-0.05, 0) is 108 Å². The van der Waals surface area contributed by atoms with Crippen molar-refractivity contribution in [2.24, 2.45) is 0 Å². The van der Waals surface area contributed by atoms with Crippen LogP contribution in [0, 0.1) is 6.92 Å². The maximum atomic E-state index is 4.30. The van der Waals surface area contributed by atoms with E-state index in [-0.39, 0.29) is 0 Å². The van der Waals surface area contributed by atoms with Crippen LogP contribution >= 0.6 is 0 Å². The van der Waals surface area contributed by atoms with Crippen LogP contribution in [0.3, 0.4) is 0 Å². The summed E-state index contributed by atoms with van der Waals surface area (Å²) in [6.07, 6.45) is 12.9. The molecule has 1 aliphatic carbocycles. The third-order valence-corrected chi connectivity index (χ3v) is 9.22. The monoisotopic (exact) mass is 604 g/mol. The van der Waals surface area contributed by atoms with Gasteiger partial charge in [0, 0.05) is 0 Å². The molecule has 0 heteroatoms. The van der Waals surface area contributed by atoms with Crippen molar-refractivity contribution >= 4 is 41.2 Å². The van der Waals surface area contributed by atoms with Gasteiger partial charge in [-0.15, -0.1) is 13.2 Å². The summed E-state index contributed by atoms with van der Waals surface area (Å²) in [6.45, 7) is 20.8. The zero-order valence-electron chi connectivity index (χ0n) is 27.2. The average Bonchev–Trinajstić information content (AvgIpc) is 3.14. The first kappa shape index (κ1) is 31.3. The van der Waals surface area contributed by atoms with E-state index in [1.807, 2.05) is 18.2 Å². The quantitative estimate of drug-likeness (QED) is 0.159. The third-order valence-electron chi connectivity index (χ3n) is 9.22. The fourth-order valence-corrected chi connectivity index (χ4v) is 7.07. The van der Waals surface area contributed by atoms with Crippen molar-refractivity contribution in [2.45, 2.75) is 19.8 Å². The normalized spacial score (nSPS) is 11.7. The lowest BCUT2D eigenvalue weighted by Gasteiger charge is -2.20. The SMILES string of the molecule is C=C.C=Cc1c(C)cccc1-c1ccc(-c2c(C=C)c(C=C)c(-c3ccc(-c4cccc5c4=CCCC=5)cc3)c3ccccc23)cc1. The Hall–Kier alpha value is -5.72. The van der Waals surface area contributed by atoms with Gasteiger partial charge in [-0.25, -0.2) is 0 Å². The molecule has 0 N–H and O–H groups in total. The second kappa shape index (κ2) is 13.7. The summed E-state index contributed by atoms with van der Waals surface area (Å²) < 4.78 is 0. The summed E-state index contributed by atoms with van der Waals surface area (Å²) in [5.41, 5.74) is 14.2. The summed E-state index contributed by atoms with van der Waals surface area (Å²) in [5, 5.41) is 5.09. The summed E-state index contributed by atoms with van der Waals surface area (Å²) in [6, 6.07) is 39.7. The molecule has 1 aliphatic rings. The minimum absolute atomic E-state index is 1.10. The molecule has 0 radical (unpaired) electrons. The van der Waals surface area contributed by atoms with E-state index >= 15 is 0 Å². The van der Waals surface area contributed by atoms with Crippen LogP contribution < -0.4 is 10.4 Å². The van der Waals surface area contributed by atoms with Gasteiger partial charge in [0.05, 0.1) is 0 Å². The first-order valence-electron chi connectivity index (χ1n) is 16.2. The van der Waals surface area contributed by atoms with Crippen LogP contribution in [-0.4, -0.2) is 0 Å². The van der Waals surface area contributed by atoms with Crippen LogP contribution in [0.1, 0.15) is 35.1 Å². The van der Waals surface area contributed by atoms with Crippen LogP contribution in [0.2, 0.25) is 0 Å². The molecule has 0 fully saturated rings. The van der Waals surface area contributed by atoms with Crippen LogP contribution in [0.15, 0.2) is 142 Å². The summed E-state index contributed by atoms with van der Waals surface area (Å²) in [5.74, 6) is 0. The Morgan fingerprint density at radius 2 is 0.936 bits per heavy atom. The molecular weight excluding hydrogens is 565 g/mol. The number of aryl methyl sites for hydroxylation is 1. The highest BCUT2D eigenvalue weighted by atomic mass is 14.2. The fourth-order valence-electron chi connectivity index (χ4n) is 7.07. The van der Waals surface area contributed by atoms with E-state index in [0.29, 0.717) is 0 Å². The largest absolute Gasteiger partial charge is 0.106 e. The number of benzene rings is 6. The molecule has 0 aliphatic heterocycles. The van der Waals surface area contributed by atoms with Crippen molar-refractivity contribution in [3.05, 3.63) is 175 Å². The van der Waals surface area contributed by atoms with E-state index in [0.717, 1.165) is 29.5 Å². The van der Waals surface area contributed by atoms with Crippen molar-refractivity contribution in [3.8, 4) is 44.5 Å². The van der Waals surface area contributed by atoms with Crippen LogP contribution in [0.25, 0.3) is 85.7 Å². The second-order valence-electron chi connectivity index (χ2n) is 11.7. The molecule has 7 rings (SSSR count). The van der Waals surface area contributed by atoms with E-state index in [1.165, 1.54) is 71.3 Å². The highest BCUT2D eigenvalue weighted by Crippen LogP contribution is 2.44. The molecule has 0 unspecified atom stereocenters. The lowest BCUT2D eigenvalue weighted by atomic mass is 9.83. The van der Waals surface area contributed by atoms with E-state index in [9.17, 15) is 0 Å². The van der Waals surface area contributed by atoms with Gasteiger partial charge in [0.2, 0.25) is 0 Å². The smallest absolute Gasteiger partial charge is 0.00266 e. The fraction of sp³-hybridized carbons (Fsp3) is 0.0638. The van der Waals surface area contributed by atoms with Gasteiger partial charge in [0.25, 0.3) is 0 Å². The maximum absolute atomic E-state index is 4.30. The van der Waals surface area contributed by atoms with Gasteiger partial charge < -0.3 is 0 Å². The topological polar surface area (TPSA) is 0 Å². The molecule has 47 heavy (non-hydrogen) atoms. The molecule has 228 valence electrons. The van der Waals surface area contributed by atoms with E-state index in [1.54, 1.807) is 0 Å². The van der Waals surface area contributed by atoms with Crippen molar-refractivity contribution in [1.29, 1.82) is 0 Å². The van der Waals surface area contributed by atoms with Gasteiger partial charge in [0.15, 0.2) is 0 Å². The summed E-state index contributed by atoms with van der Waals surface area (Å²) >= 11 is 0. The van der Waals surface area contributed by atoms with E-state index in [2.05, 4.69) is 161 Å². The van der Waals surface area contributed by atoms with Crippen LogP contribution in [0.4, 0.5) is 0 Å². The van der Waals surface area contributed by atoms with Gasteiger partial charge in [-0.2, -0.15) is 0 Å². The lowest BCUT2D eigenvalue weighted by molar-refractivity contribution is 1.12. The lowest BCUT2D eigenvalue weighted by Crippen LogP contribution is -2.28. The Balaban J connectivity index is 0.00000190. The minimum Gasteiger partial charge on any atom is -0.106 e. The van der Waals surface area contributed by atoms with Crippen molar-refractivity contribution in [1.82, 2.24) is 0 Å². The van der Waals surface area contributed by atoms with Gasteiger partial charge in [-0.3, -0.25) is 0 Å². The Morgan fingerprint density at radius 3 is 1.49 bits per heavy atom. The zero-order chi connectivity index (χ0) is 32.9.